The number of aryl methyl sites for hydroxylation is 3. The first kappa shape index (κ1) is 29.7. The van der Waals surface area contributed by atoms with E-state index in [-0.39, 0.29) is 21.9 Å². The van der Waals surface area contributed by atoms with E-state index >= 15 is 0 Å². The molecule has 0 atom stereocenters. The van der Waals surface area contributed by atoms with E-state index in [1.807, 2.05) is 68.4 Å². The molecular weight excluding hydrogens is 508 g/mol. The fourth-order valence-corrected chi connectivity index (χ4v) is 4.12. The van der Waals surface area contributed by atoms with Gasteiger partial charge in [-0.1, -0.05) is 66.7 Å². The molecule has 0 aromatic heterocycles. The Hall–Kier alpha value is -4.85. The minimum absolute atomic E-state index is 0.0396. The molecule has 0 aliphatic rings. The van der Waals surface area contributed by atoms with Crippen molar-refractivity contribution >= 4 is 17.3 Å². The van der Waals surface area contributed by atoms with Crippen molar-refractivity contribution in [1.82, 2.24) is 0 Å². The molecule has 0 N–H and O–H groups in total. The van der Waals surface area contributed by atoms with Crippen LogP contribution in [-0.2, 0) is 4.74 Å². The Morgan fingerprint density at radius 1 is 0.650 bits per heavy atom. The zero-order valence-corrected chi connectivity index (χ0v) is 23.4. The van der Waals surface area contributed by atoms with Crippen molar-refractivity contribution < 1.29 is 19.4 Å². The largest absolute Gasteiger partial charge is 0.456 e. The lowest BCUT2D eigenvalue weighted by atomic mass is 9.98. The second kappa shape index (κ2) is 12.3. The molecule has 40 heavy (non-hydrogen) atoms. The molecule has 0 spiro atoms. The predicted molar refractivity (Wildman–Crippen MR) is 156 cm³/mol. The van der Waals surface area contributed by atoms with Gasteiger partial charge in [0.05, 0.1) is 9.85 Å². The van der Waals surface area contributed by atoms with Crippen LogP contribution >= 0.6 is 0 Å². The highest BCUT2D eigenvalue weighted by Crippen LogP contribution is 2.31. The van der Waals surface area contributed by atoms with Crippen LogP contribution < -0.4 is 0 Å². The monoisotopic (exact) mass is 540 g/mol. The lowest BCUT2D eigenvalue weighted by Gasteiger charge is -2.19. The number of nitro benzene ring substituents is 2. The number of hydrogen-bond donors (Lipinski definition) is 0. The lowest BCUT2D eigenvalue weighted by molar-refractivity contribution is -0.385. The van der Waals surface area contributed by atoms with Gasteiger partial charge >= 0.3 is 5.97 Å². The molecule has 0 saturated carbocycles. The number of carbonyl (C=O) groups is 1. The summed E-state index contributed by atoms with van der Waals surface area (Å²) < 4.78 is 5.24. The molecule has 0 bridgehead atoms. The van der Waals surface area contributed by atoms with Crippen LogP contribution in [0.3, 0.4) is 0 Å². The Labute approximate surface area is 233 Å². The van der Waals surface area contributed by atoms with E-state index in [2.05, 4.69) is 0 Å². The third kappa shape index (κ3) is 7.38. The first-order chi connectivity index (χ1) is 18.8. The van der Waals surface area contributed by atoms with E-state index in [1.54, 1.807) is 45.9 Å². The normalized spacial score (nSPS) is 10.8. The van der Waals surface area contributed by atoms with Gasteiger partial charge in [0.2, 0.25) is 0 Å². The van der Waals surface area contributed by atoms with Gasteiger partial charge in [0, 0.05) is 17.7 Å². The molecule has 0 aliphatic heterocycles. The summed E-state index contributed by atoms with van der Waals surface area (Å²) in [5, 5.41) is 22.3. The van der Waals surface area contributed by atoms with Gasteiger partial charge in [-0.15, -0.1) is 0 Å². The number of rotatable bonds is 5. The van der Waals surface area contributed by atoms with E-state index < -0.39 is 16.5 Å². The minimum atomic E-state index is -0.709. The smallest absolute Gasteiger partial charge is 0.345 e. The maximum Gasteiger partial charge on any atom is 0.345 e. The van der Waals surface area contributed by atoms with Crippen molar-refractivity contribution in [2.45, 2.75) is 47.1 Å². The lowest BCUT2D eigenvalue weighted by Crippen LogP contribution is -2.24. The Balaban J connectivity index is 0.000000230. The van der Waals surface area contributed by atoms with Crippen molar-refractivity contribution in [2.24, 2.45) is 0 Å². The van der Waals surface area contributed by atoms with Gasteiger partial charge in [-0.2, -0.15) is 0 Å². The summed E-state index contributed by atoms with van der Waals surface area (Å²) in [6.45, 7) is 10.8. The summed E-state index contributed by atoms with van der Waals surface area (Å²) in [7, 11) is 0. The molecular formula is C32H32N2O6. The van der Waals surface area contributed by atoms with E-state index in [0.717, 1.165) is 27.8 Å². The minimum Gasteiger partial charge on any atom is -0.456 e. The first-order valence-electron chi connectivity index (χ1n) is 12.7. The maximum absolute atomic E-state index is 12.2. The first-order valence-corrected chi connectivity index (χ1v) is 12.7. The van der Waals surface area contributed by atoms with Gasteiger partial charge in [-0.05, 0) is 81.0 Å². The summed E-state index contributed by atoms with van der Waals surface area (Å²) >= 11 is 0. The Morgan fingerprint density at radius 2 is 1.10 bits per heavy atom. The van der Waals surface area contributed by atoms with Crippen molar-refractivity contribution in [2.75, 3.05) is 0 Å². The Morgan fingerprint density at radius 3 is 1.55 bits per heavy atom. The van der Waals surface area contributed by atoms with Gasteiger partial charge in [0.15, 0.2) is 0 Å². The molecule has 0 heterocycles. The number of ether oxygens (including phenoxy) is 1. The third-order valence-electron chi connectivity index (χ3n) is 6.13. The Kier molecular flexibility index (Phi) is 9.16. The fourth-order valence-electron chi connectivity index (χ4n) is 4.12. The van der Waals surface area contributed by atoms with Gasteiger partial charge in [0.1, 0.15) is 11.2 Å². The molecule has 4 aromatic rings. The highest BCUT2D eigenvalue weighted by atomic mass is 16.6. The van der Waals surface area contributed by atoms with Crippen LogP contribution in [-0.4, -0.2) is 21.4 Å². The second-order valence-electron chi connectivity index (χ2n) is 10.4. The van der Waals surface area contributed by atoms with E-state index in [0.29, 0.717) is 11.1 Å². The predicted octanol–water partition coefficient (Wildman–Crippen LogP) is 8.40. The maximum atomic E-state index is 12.2. The van der Waals surface area contributed by atoms with Crippen LogP contribution in [0.1, 0.15) is 47.8 Å². The van der Waals surface area contributed by atoms with Crippen LogP contribution in [0.4, 0.5) is 11.4 Å². The van der Waals surface area contributed by atoms with Crippen molar-refractivity contribution in [3.8, 4) is 22.3 Å². The number of carbonyl (C=O) groups excluding carboxylic acids is 1. The molecule has 0 radical (unpaired) electrons. The number of esters is 1. The molecule has 206 valence electrons. The van der Waals surface area contributed by atoms with Gasteiger partial charge in [0.25, 0.3) is 11.4 Å². The summed E-state index contributed by atoms with van der Waals surface area (Å²) in [5.74, 6) is -0.694. The van der Waals surface area contributed by atoms with Crippen LogP contribution in [0, 0.1) is 41.0 Å². The summed E-state index contributed by atoms with van der Waals surface area (Å²) in [4.78, 5) is 33.5. The second-order valence-corrected chi connectivity index (χ2v) is 10.4. The Bertz CT molecular complexity index is 1570. The quantitative estimate of drug-likeness (QED) is 0.143. The third-order valence-corrected chi connectivity index (χ3v) is 6.13. The molecule has 4 aromatic carbocycles. The molecule has 4 rings (SSSR count). The number of nitro groups is 2. The molecule has 0 unspecified atom stereocenters. The van der Waals surface area contributed by atoms with Gasteiger partial charge < -0.3 is 4.74 Å². The summed E-state index contributed by atoms with van der Waals surface area (Å²) in [6, 6.07) is 25.4. The molecule has 8 nitrogen and oxygen atoms in total. The molecule has 0 amide bonds. The summed E-state index contributed by atoms with van der Waals surface area (Å²) in [5.41, 5.74) is 5.50. The average Bonchev–Trinajstić information content (AvgIpc) is 2.88. The zero-order chi connectivity index (χ0) is 29.6. The van der Waals surface area contributed by atoms with Crippen LogP contribution in [0.25, 0.3) is 22.3 Å². The van der Waals surface area contributed by atoms with Crippen molar-refractivity contribution in [3.05, 3.63) is 127 Å². The van der Waals surface area contributed by atoms with Crippen LogP contribution in [0.15, 0.2) is 84.9 Å². The number of hydrogen-bond acceptors (Lipinski definition) is 6. The van der Waals surface area contributed by atoms with Crippen LogP contribution in [0.2, 0.25) is 0 Å². The highest BCUT2D eigenvalue weighted by Gasteiger charge is 2.26. The highest BCUT2D eigenvalue weighted by molar-refractivity contribution is 5.95. The molecule has 0 saturated heterocycles. The average molecular weight is 541 g/mol. The van der Waals surface area contributed by atoms with Gasteiger partial charge in [-0.25, -0.2) is 4.79 Å². The molecule has 0 aliphatic carbocycles. The SMILES string of the molecule is Cc1ccccc1-c1ccc(C(=O)OC(C)(C)C)c([N+](=O)[O-])c1.Cc1ccccc1-c1ccc(C)c([N+](=O)[O-])c1. The fraction of sp³-hybridized carbons (Fsp3) is 0.219. The summed E-state index contributed by atoms with van der Waals surface area (Å²) in [6.07, 6.45) is 0. The molecule has 8 heteroatoms. The number of benzene rings is 4. The van der Waals surface area contributed by atoms with Gasteiger partial charge in [-0.3, -0.25) is 20.2 Å². The standard InChI is InChI=1S/C18H19NO4.C14H13NO2/c1-12-7-5-6-8-14(12)13-9-10-15(16(11-13)19(21)22)17(20)23-18(2,3)4;1-10-5-3-4-6-13(10)12-8-7-11(2)14(9-12)15(16)17/h5-11H,1-4H3;3-9H,1-2H3. The number of nitrogens with zero attached hydrogens (tertiary/aromatic N) is 2. The zero-order valence-electron chi connectivity index (χ0n) is 23.4. The van der Waals surface area contributed by atoms with Crippen molar-refractivity contribution in [3.63, 3.8) is 0 Å². The van der Waals surface area contributed by atoms with E-state index in [4.69, 9.17) is 4.74 Å². The molecule has 0 fully saturated rings. The van der Waals surface area contributed by atoms with Crippen LogP contribution in [0.5, 0.6) is 0 Å². The van der Waals surface area contributed by atoms with Crippen molar-refractivity contribution in [1.29, 1.82) is 0 Å². The van der Waals surface area contributed by atoms with E-state index in [9.17, 15) is 25.0 Å². The van der Waals surface area contributed by atoms with E-state index in [1.165, 1.54) is 12.1 Å². The topological polar surface area (TPSA) is 113 Å².